The lowest BCUT2D eigenvalue weighted by molar-refractivity contribution is -0.00473. The second-order valence-corrected chi connectivity index (χ2v) is 15.0. The number of esters is 2. The molecule has 2 atom stereocenters. The molecule has 262 valence electrons. The van der Waals surface area contributed by atoms with Gasteiger partial charge in [-0.05, 0) is 114 Å². The van der Waals surface area contributed by atoms with Crippen LogP contribution in [0.3, 0.4) is 0 Å². The van der Waals surface area contributed by atoms with Gasteiger partial charge >= 0.3 is 11.9 Å². The molecule has 5 aromatic carbocycles. The summed E-state index contributed by atoms with van der Waals surface area (Å²) < 4.78 is 11.8. The van der Waals surface area contributed by atoms with E-state index in [-0.39, 0.29) is 16.9 Å². The molecule has 0 aliphatic heterocycles. The first-order valence-corrected chi connectivity index (χ1v) is 18.5. The fourth-order valence-electron chi connectivity index (χ4n) is 7.65. The minimum atomic E-state index is -0.593. The Morgan fingerprint density at radius 3 is 2.06 bits per heavy atom. The van der Waals surface area contributed by atoms with Crippen LogP contribution in [0.5, 0.6) is 5.75 Å². The summed E-state index contributed by atoms with van der Waals surface area (Å²) in [7, 11) is 0. The van der Waals surface area contributed by atoms with Crippen molar-refractivity contribution in [3.63, 3.8) is 0 Å². The Hall–Kier alpha value is -4.96. The molecule has 0 amide bonds. The quantitative estimate of drug-likeness (QED) is 0.103. The highest BCUT2D eigenvalue weighted by atomic mass is 16.6. The molecule has 0 radical (unpaired) electrons. The van der Waals surface area contributed by atoms with Crippen molar-refractivity contribution in [1.29, 1.82) is 0 Å². The lowest BCUT2D eigenvalue weighted by Gasteiger charge is -2.32. The molecule has 51 heavy (non-hydrogen) atoms. The standard InChI is InChI=1S/C47H50O4/c1-7-26-46(4,5)51-45(49)39-16-12-15-38(29-39)44(48)50-43-24-22-37(31-41(43)34-13-10-9-11-14-34)32(3)36-21-23-42-40(30-36)35-19-17-33(18-20-35)25-28-47(42,6)27-8-2/h9-24,29-32H,7-8,25-28H2,1-6H3. The number of fused-ring (bicyclic) bond motifs is 4. The van der Waals surface area contributed by atoms with E-state index in [1.54, 1.807) is 24.3 Å². The van der Waals surface area contributed by atoms with Crippen LogP contribution in [-0.2, 0) is 16.6 Å². The Kier molecular flexibility index (Phi) is 10.6. The maximum Gasteiger partial charge on any atom is 0.343 e. The summed E-state index contributed by atoms with van der Waals surface area (Å²) in [4.78, 5) is 26.6. The molecule has 2 unspecified atom stereocenters. The van der Waals surface area contributed by atoms with Crippen molar-refractivity contribution in [1.82, 2.24) is 0 Å². The third kappa shape index (κ3) is 8.01. The highest BCUT2D eigenvalue weighted by molar-refractivity contribution is 5.96. The van der Waals surface area contributed by atoms with Crippen molar-refractivity contribution in [3.8, 4) is 28.0 Å². The van der Waals surface area contributed by atoms with Crippen LogP contribution in [0.4, 0.5) is 0 Å². The number of carbonyl (C=O) groups excluding carboxylic acids is 2. The van der Waals surface area contributed by atoms with Crippen molar-refractivity contribution in [2.75, 3.05) is 0 Å². The van der Waals surface area contributed by atoms with E-state index in [4.69, 9.17) is 9.47 Å². The van der Waals surface area contributed by atoms with Crippen molar-refractivity contribution in [2.45, 2.75) is 97.0 Å². The SMILES string of the molecule is CCCC(C)(C)OC(=O)c1cccc(C(=O)Oc2ccc(C(C)c3ccc4c(c3)-c3ccc(cc3)CCC4(C)CCC)cc2-c2ccccc2)c1. The Morgan fingerprint density at radius 2 is 1.37 bits per heavy atom. The van der Waals surface area contributed by atoms with Crippen LogP contribution in [0.25, 0.3) is 22.3 Å². The Labute approximate surface area is 303 Å². The van der Waals surface area contributed by atoms with Crippen molar-refractivity contribution in [2.24, 2.45) is 0 Å². The first kappa shape index (κ1) is 35.9. The monoisotopic (exact) mass is 678 g/mol. The molecule has 0 saturated carbocycles. The summed E-state index contributed by atoms with van der Waals surface area (Å²) in [5.74, 6) is -0.438. The van der Waals surface area contributed by atoms with Gasteiger partial charge in [-0.15, -0.1) is 0 Å². The fourth-order valence-corrected chi connectivity index (χ4v) is 7.65. The van der Waals surface area contributed by atoms with E-state index < -0.39 is 17.5 Å². The first-order valence-electron chi connectivity index (χ1n) is 18.5. The fraction of sp³-hybridized carbons (Fsp3) is 0.319. The smallest absolute Gasteiger partial charge is 0.343 e. The van der Waals surface area contributed by atoms with Gasteiger partial charge in [-0.2, -0.15) is 0 Å². The molecule has 2 aliphatic rings. The normalized spacial score (nSPS) is 16.0. The van der Waals surface area contributed by atoms with E-state index in [9.17, 15) is 9.59 Å². The van der Waals surface area contributed by atoms with Crippen LogP contribution < -0.4 is 4.74 Å². The predicted molar refractivity (Wildman–Crippen MR) is 208 cm³/mol. The zero-order valence-electron chi connectivity index (χ0n) is 30.9. The van der Waals surface area contributed by atoms with Gasteiger partial charge in [-0.25, -0.2) is 9.59 Å². The Morgan fingerprint density at radius 1 is 0.725 bits per heavy atom. The van der Waals surface area contributed by atoms with Crippen LogP contribution >= 0.6 is 0 Å². The second-order valence-electron chi connectivity index (χ2n) is 15.0. The van der Waals surface area contributed by atoms with E-state index in [1.165, 1.54) is 27.8 Å². The summed E-state index contributed by atoms with van der Waals surface area (Å²) in [5.41, 5.74) is 9.69. The average molecular weight is 679 g/mol. The third-order valence-corrected chi connectivity index (χ3v) is 10.6. The molecule has 0 saturated heterocycles. The molecule has 2 aliphatic carbocycles. The number of carbonyl (C=O) groups is 2. The molecular weight excluding hydrogens is 629 g/mol. The molecule has 2 bridgehead atoms. The lowest BCUT2D eigenvalue weighted by atomic mass is 9.72. The molecule has 4 nitrogen and oxygen atoms in total. The van der Waals surface area contributed by atoms with E-state index in [1.807, 2.05) is 50.2 Å². The number of hydrogen-bond acceptors (Lipinski definition) is 4. The van der Waals surface area contributed by atoms with Gasteiger partial charge in [0.25, 0.3) is 0 Å². The Balaban J connectivity index is 1.32. The number of rotatable bonds is 11. The van der Waals surface area contributed by atoms with E-state index in [2.05, 4.69) is 82.3 Å². The van der Waals surface area contributed by atoms with Crippen molar-refractivity contribution in [3.05, 3.63) is 149 Å². The molecule has 0 fully saturated rings. The molecule has 5 aromatic rings. The van der Waals surface area contributed by atoms with Gasteiger partial charge in [-0.3, -0.25) is 0 Å². The summed E-state index contributed by atoms with van der Waals surface area (Å²) in [6.45, 7) is 12.8. The second kappa shape index (κ2) is 15.1. The molecule has 0 heterocycles. The number of benzene rings is 5. The minimum absolute atomic E-state index is 0.0894. The van der Waals surface area contributed by atoms with Gasteiger partial charge in [0.2, 0.25) is 0 Å². The summed E-state index contributed by atoms with van der Waals surface area (Å²) in [6, 6.07) is 38.9. The van der Waals surface area contributed by atoms with Crippen LogP contribution in [-0.4, -0.2) is 17.5 Å². The van der Waals surface area contributed by atoms with Crippen molar-refractivity contribution >= 4 is 11.9 Å². The minimum Gasteiger partial charge on any atom is -0.456 e. The maximum absolute atomic E-state index is 13.6. The van der Waals surface area contributed by atoms with Crippen LogP contribution in [0, 0.1) is 0 Å². The molecule has 0 spiro atoms. The largest absolute Gasteiger partial charge is 0.456 e. The highest BCUT2D eigenvalue weighted by Gasteiger charge is 2.30. The first-order chi connectivity index (χ1) is 24.5. The van der Waals surface area contributed by atoms with Gasteiger partial charge in [-0.1, -0.05) is 125 Å². The summed E-state index contributed by atoms with van der Waals surface area (Å²) in [5, 5.41) is 0. The van der Waals surface area contributed by atoms with E-state index >= 15 is 0 Å². The lowest BCUT2D eigenvalue weighted by Crippen LogP contribution is -2.28. The molecule has 0 N–H and O–H groups in total. The molecule has 0 aromatic heterocycles. The van der Waals surface area contributed by atoms with Crippen LogP contribution in [0.1, 0.15) is 123 Å². The maximum atomic E-state index is 13.6. The number of aryl methyl sites for hydroxylation is 1. The molecule has 4 heteroatoms. The number of hydrogen-bond donors (Lipinski definition) is 0. The zero-order valence-corrected chi connectivity index (χ0v) is 30.9. The highest BCUT2D eigenvalue weighted by Crippen LogP contribution is 2.43. The van der Waals surface area contributed by atoms with Gasteiger partial charge < -0.3 is 9.47 Å². The van der Waals surface area contributed by atoms with Gasteiger partial charge in [0.15, 0.2) is 0 Å². The van der Waals surface area contributed by atoms with E-state index in [0.29, 0.717) is 11.3 Å². The number of ether oxygens (including phenoxy) is 2. The van der Waals surface area contributed by atoms with Crippen LogP contribution in [0.15, 0.2) is 115 Å². The molecule has 7 rings (SSSR count). The summed E-state index contributed by atoms with van der Waals surface area (Å²) in [6.07, 6.45) is 6.16. The van der Waals surface area contributed by atoms with E-state index in [0.717, 1.165) is 55.2 Å². The average Bonchev–Trinajstić information content (AvgIpc) is 3.22. The van der Waals surface area contributed by atoms with Gasteiger partial charge in [0.1, 0.15) is 11.4 Å². The molecular formula is C47H50O4. The zero-order chi connectivity index (χ0) is 36.2. The topological polar surface area (TPSA) is 52.6 Å². The van der Waals surface area contributed by atoms with Crippen molar-refractivity contribution < 1.29 is 19.1 Å². The summed E-state index contributed by atoms with van der Waals surface area (Å²) >= 11 is 0. The predicted octanol–water partition coefficient (Wildman–Crippen LogP) is 12.1. The Bertz CT molecular complexity index is 2010. The van der Waals surface area contributed by atoms with Gasteiger partial charge in [0, 0.05) is 11.5 Å². The van der Waals surface area contributed by atoms with Gasteiger partial charge in [0.05, 0.1) is 11.1 Å². The van der Waals surface area contributed by atoms with Crippen LogP contribution in [0.2, 0.25) is 0 Å². The third-order valence-electron chi connectivity index (χ3n) is 10.6.